The summed E-state index contributed by atoms with van der Waals surface area (Å²) in [6, 6.07) is 0. The van der Waals surface area contributed by atoms with Crippen molar-refractivity contribution in [1.82, 2.24) is 0 Å². The van der Waals surface area contributed by atoms with Gasteiger partial charge in [0.05, 0.1) is 13.2 Å². The second kappa shape index (κ2) is 34.1. The van der Waals surface area contributed by atoms with Crippen LogP contribution in [0.2, 0.25) is 0 Å². The Balaban J connectivity index is 4.21. The summed E-state index contributed by atoms with van der Waals surface area (Å²) in [5.41, 5.74) is 0. The molecule has 0 saturated carbocycles. The van der Waals surface area contributed by atoms with Crippen molar-refractivity contribution in [3.8, 4) is 0 Å². The highest BCUT2D eigenvalue weighted by atomic mass is 31.2. The number of hydrogen-bond donors (Lipinski definition) is 1. The van der Waals surface area contributed by atoms with Gasteiger partial charge in [-0.25, -0.2) is 4.57 Å². The number of hydrogen-bond acceptors (Lipinski definition) is 7. The third-order valence-electron chi connectivity index (χ3n) is 7.67. The predicted octanol–water partition coefficient (Wildman–Crippen LogP) is 11.3. The number of phosphoric acid groups is 1. The summed E-state index contributed by atoms with van der Waals surface area (Å²) in [5.74, 6) is -0.826. The molecule has 8 nitrogen and oxygen atoms in total. The van der Waals surface area contributed by atoms with Crippen molar-refractivity contribution in [2.24, 2.45) is 0 Å². The van der Waals surface area contributed by atoms with E-state index in [1.54, 1.807) is 6.92 Å². The average Bonchev–Trinajstić information content (AvgIpc) is 3.04. The quantitative estimate of drug-likeness (QED) is 0.0309. The molecule has 9 heteroatoms. The topological polar surface area (TPSA) is 108 Å². The Labute approximate surface area is 287 Å². The Morgan fingerprint density at radius 1 is 0.574 bits per heavy atom. The fourth-order valence-electron chi connectivity index (χ4n) is 4.87. The van der Waals surface area contributed by atoms with Gasteiger partial charge in [-0.15, -0.1) is 0 Å². The smallest absolute Gasteiger partial charge is 0.462 e. The van der Waals surface area contributed by atoms with E-state index in [0.717, 1.165) is 83.5 Å². The van der Waals surface area contributed by atoms with Crippen LogP contribution in [0.1, 0.15) is 168 Å². The Kier molecular flexibility index (Phi) is 32.9. The summed E-state index contributed by atoms with van der Waals surface area (Å²) < 4.78 is 32.5. The van der Waals surface area contributed by atoms with E-state index in [1.807, 2.05) is 0 Å². The monoisotopic (exact) mass is 684 g/mol. The van der Waals surface area contributed by atoms with E-state index >= 15 is 0 Å². The minimum absolute atomic E-state index is 0.00417. The van der Waals surface area contributed by atoms with Crippen LogP contribution in [-0.2, 0) is 32.7 Å². The molecule has 0 amide bonds. The molecule has 0 radical (unpaired) electrons. The van der Waals surface area contributed by atoms with Gasteiger partial charge in [0.15, 0.2) is 6.10 Å². The SMILES string of the molecule is CCCC/C=C\C/C=C\CCCCCCCC(=O)OC(COC(=O)CCCCCCC/C=C\CCCCCC)COP(=O)(O)OCC. The molecule has 0 fully saturated rings. The second-order valence-electron chi connectivity index (χ2n) is 12.2. The number of esters is 2. The minimum Gasteiger partial charge on any atom is -0.462 e. The van der Waals surface area contributed by atoms with E-state index in [0.29, 0.717) is 6.42 Å². The van der Waals surface area contributed by atoms with Crippen LogP contribution in [0.25, 0.3) is 0 Å². The first-order valence-electron chi connectivity index (χ1n) is 18.8. The molecule has 274 valence electrons. The molecule has 0 aliphatic heterocycles. The van der Waals surface area contributed by atoms with Gasteiger partial charge in [-0.2, -0.15) is 0 Å². The predicted molar refractivity (Wildman–Crippen MR) is 193 cm³/mol. The summed E-state index contributed by atoms with van der Waals surface area (Å²) in [4.78, 5) is 34.5. The number of unbranched alkanes of at least 4 members (excludes halogenated alkanes) is 16. The third-order valence-corrected chi connectivity index (χ3v) is 8.73. The Morgan fingerprint density at radius 2 is 1.04 bits per heavy atom. The molecule has 0 aliphatic rings. The number of ether oxygens (including phenoxy) is 2. The van der Waals surface area contributed by atoms with E-state index < -0.39 is 26.5 Å². The highest BCUT2D eigenvalue weighted by molar-refractivity contribution is 7.47. The van der Waals surface area contributed by atoms with E-state index in [4.69, 9.17) is 18.5 Å². The molecule has 0 saturated heterocycles. The molecule has 0 aliphatic carbocycles. The Hall–Kier alpha value is -1.73. The summed E-state index contributed by atoms with van der Waals surface area (Å²) in [6.45, 7) is 5.37. The molecule has 0 aromatic rings. The fourth-order valence-corrected chi connectivity index (χ4v) is 5.63. The first-order valence-corrected chi connectivity index (χ1v) is 20.3. The second-order valence-corrected chi connectivity index (χ2v) is 13.7. The number of carbonyl (C=O) groups is 2. The zero-order valence-electron chi connectivity index (χ0n) is 30.2. The maximum Gasteiger partial charge on any atom is 0.472 e. The third kappa shape index (κ3) is 33.9. The molecule has 0 aromatic carbocycles. The Bertz CT molecular complexity index is 870. The lowest BCUT2D eigenvalue weighted by atomic mass is 10.1. The fraction of sp³-hybridized carbons (Fsp3) is 0.789. The number of phosphoric ester groups is 1. The minimum atomic E-state index is -4.28. The summed E-state index contributed by atoms with van der Waals surface area (Å²) in [7, 11) is -4.28. The van der Waals surface area contributed by atoms with Crippen LogP contribution in [0.5, 0.6) is 0 Å². The Morgan fingerprint density at radius 3 is 1.60 bits per heavy atom. The van der Waals surface area contributed by atoms with Gasteiger partial charge in [0.25, 0.3) is 0 Å². The van der Waals surface area contributed by atoms with Gasteiger partial charge >= 0.3 is 19.8 Å². The standard InChI is InChI=1S/C38H69O8P/c1-4-7-9-11-13-15-17-19-21-23-25-27-29-31-33-38(40)46-36(35-45-47(41,42)44-6-3)34-43-37(39)32-30-28-26-24-22-20-18-16-14-12-10-8-5-2/h11,13,16-19,36H,4-10,12,14-15,20-35H2,1-3H3,(H,41,42)/b13-11-,18-16-,19-17-. The number of carbonyl (C=O) groups excluding carboxylic acids is 2. The van der Waals surface area contributed by atoms with Crippen molar-refractivity contribution in [3.05, 3.63) is 36.5 Å². The highest BCUT2D eigenvalue weighted by Gasteiger charge is 2.25. The number of allylic oxidation sites excluding steroid dienone is 6. The zero-order chi connectivity index (χ0) is 34.7. The van der Waals surface area contributed by atoms with Crippen molar-refractivity contribution >= 4 is 19.8 Å². The van der Waals surface area contributed by atoms with E-state index in [2.05, 4.69) is 50.3 Å². The lowest BCUT2D eigenvalue weighted by Crippen LogP contribution is -2.29. The normalized spacial score (nSPS) is 13.9. The van der Waals surface area contributed by atoms with Crippen LogP contribution in [0.4, 0.5) is 0 Å². The molecule has 2 atom stereocenters. The average molecular weight is 685 g/mol. The lowest BCUT2D eigenvalue weighted by molar-refractivity contribution is -0.161. The molecule has 2 unspecified atom stereocenters. The molecule has 47 heavy (non-hydrogen) atoms. The van der Waals surface area contributed by atoms with Crippen LogP contribution >= 0.6 is 7.82 Å². The maximum absolute atomic E-state index is 12.5. The zero-order valence-corrected chi connectivity index (χ0v) is 31.1. The lowest BCUT2D eigenvalue weighted by Gasteiger charge is -2.19. The van der Waals surface area contributed by atoms with Crippen molar-refractivity contribution in [2.75, 3.05) is 19.8 Å². The van der Waals surface area contributed by atoms with Gasteiger partial charge in [-0.1, -0.05) is 121 Å². The van der Waals surface area contributed by atoms with Gasteiger partial charge in [0.2, 0.25) is 0 Å². The largest absolute Gasteiger partial charge is 0.472 e. The van der Waals surface area contributed by atoms with E-state index in [9.17, 15) is 19.0 Å². The van der Waals surface area contributed by atoms with Crippen molar-refractivity contribution in [1.29, 1.82) is 0 Å². The molecule has 0 heterocycles. The van der Waals surface area contributed by atoms with E-state index in [-0.39, 0.29) is 32.0 Å². The van der Waals surface area contributed by atoms with Crippen molar-refractivity contribution in [2.45, 2.75) is 175 Å². The summed E-state index contributed by atoms with van der Waals surface area (Å²) in [5, 5.41) is 0. The van der Waals surface area contributed by atoms with Crippen LogP contribution in [0, 0.1) is 0 Å². The maximum atomic E-state index is 12.5. The molecule has 0 bridgehead atoms. The molecule has 1 N–H and O–H groups in total. The van der Waals surface area contributed by atoms with Crippen LogP contribution in [-0.4, -0.2) is 42.8 Å². The summed E-state index contributed by atoms with van der Waals surface area (Å²) >= 11 is 0. The molecule has 0 spiro atoms. The van der Waals surface area contributed by atoms with Gasteiger partial charge < -0.3 is 14.4 Å². The molecular formula is C38H69O8P. The van der Waals surface area contributed by atoms with Gasteiger partial charge in [-0.3, -0.25) is 18.6 Å². The molecule has 0 rings (SSSR count). The van der Waals surface area contributed by atoms with Gasteiger partial charge in [-0.05, 0) is 71.1 Å². The van der Waals surface area contributed by atoms with E-state index in [1.165, 1.54) is 44.9 Å². The molecular weight excluding hydrogens is 615 g/mol. The first kappa shape index (κ1) is 45.3. The first-order chi connectivity index (χ1) is 22.8. The van der Waals surface area contributed by atoms with Crippen LogP contribution < -0.4 is 0 Å². The van der Waals surface area contributed by atoms with Gasteiger partial charge in [0, 0.05) is 12.8 Å². The summed E-state index contributed by atoms with van der Waals surface area (Å²) in [6.07, 6.45) is 36.2. The van der Waals surface area contributed by atoms with Crippen molar-refractivity contribution in [3.63, 3.8) is 0 Å². The highest BCUT2D eigenvalue weighted by Crippen LogP contribution is 2.43. The van der Waals surface area contributed by atoms with Gasteiger partial charge in [0.1, 0.15) is 6.61 Å². The van der Waals surface area contributed by atoms with Crippen LogP contribution in [0.15, 0.2) is 36.5 Å². The number of rotatable bonds is 34. The van der Waals surface area contributed by atoms with Crippen LogP contribution in [0.3, 0.4) is 0 Å². The van der Waals surface area contributed by atoms with Crippen molar-refractivity contribution < 1.29 is 37.6 Å². The molecule has 0 aromatic heterocycles.